The zero-order chi connectivity index (χ0) is 11.8. The summed E-state index contributed by atoms with van der Waals surface area (Å²) in [5, 5.41) is 0. The van der Waals surface area contributed by atoms with Gasteiger partial charge in [-0.3, -0.25) is 0 Å². The van der Waals surface area contributed by atoms with Gasteiger partial charge >= 0.3 is 0 Å². The van der Waals surface area contributed by atoms with Crippen LogP contribution in [0.5, 0.6) is 0 Å². The number of fused-ring (bicyclic) bond motifs is 1. The number of allylic oxidation sites excluding steroid dienone is 4. The predicted octanol–water partition coefficient (Wildman–Crippen LogP) is 4.25. The van der Waals surface area contributed by atoms with E-state index >= 15 is 0 Å². The Balaban J connectivity index is 2.11. The predicted molar refractivity (Wildman–Crippen MR) is 68.4 cm³/mol. The first-order valence-electron chi connectivity index (χ1n) is 6.42. The first kappa shape index (κ1) is 11.9. The van der Waals surface area contributed by atoms with Gasteiger partial charge in [-0.2, -0.15) is 0 Å². The third-order valence-electron chi connectivity index (χ3n) is 3.89. The SMILES string of the molecule is C/C1=C\CC[C@@]2(C)O[C@H]2CC(C)(C)/C=C/C1. The average Bonchev–Trinajstić information content (AvgIpc) is 2.73. The number of ether oxygens (including phenoxy) is 1. The molecule has 1 nitrogen and oxygen atoms in total. The molecule has 2 rings (SSSR count). The molecule has 90 valence electrons. The molecule has 0 N–H and O–H groups in total. The molecular formula is C15H24O. The molecule has 0 aromatic rings. The summed E-state index contributed by atoms with van der Waals surface area (Å²) in [4.78, 5) is 0. The van der Waals surface area contributed by atoms with Crippen LogP contribution in [0.2, 0.25) is 0 Å². The zero-order valence-electron chi connectivity index (χ0n) is 11.0. The van der Waals surface area contributed by atoms with Crippen LogP contribution in [0.1, 0.15) is 53.4 Å². The molecule has 1 heteroatoms. The van der Waals surface area contributed by atoms with E-state index in [1.807, 2.05) is 0 Å². The molecule has 0 unspecified atom stereocenters. The molecule has 1 fully saturated rings. The maximum Gasteiger partial charge on any atom is 0.0923 e. The highest BCUT2D eigenvalue weighted by atomic mass is 16.6. The van der Waals surface area contributed by atoms with Crippen LogP contribution in [0.4, 0.5) is 0 Å². The molecule has 1 saturated heterocycles. The summed E-state index contributed by atoms with van der Waals surface area (Å²) >= 11 is 0. The van der Waals surface area contributed by atoms with E-state index in [1.54, 1.807) is 0 Å². The van der Waals surface area contributed by atoms with E-state index in [1.165, 1.54) is 12.0 Å². The van der Waals surface area contributed by atoms with Gasteiger partial charge in [-0.05, 0) is 44.9 Å². The molecule has 1 aliphatic heterocycles. The minimum atomic E-state index is 0.159. The topological polar surface area (TPSA) is 12.5 Å². The summed E-state index contributed by atoms with van der Waals surface area (Å²) in [5.41, 5.74) is 1.91. The van der Waals surface area contributed by atoms with Crippen LogP contribution in [0.15, 0.2) is 23.8 Å². The minimum Gasteiger partial charge on any atom is -0.366 e. The van der Waals surface area contributed by atoms with Crippen LogP contribution >= 0.6 is 0 Å². The third-order valence-corrected chi connectivity index (χ3v) is 3.89. The van der Waals surface area contributed by atoms with Crippen molar-refractivity contribution in [2.45, 2.75) is 65.1 Å². The first-order chi connectivity index (χ1) is 7.41. The lowest BCUT2D eigenvalue weighted by Crippen LogP contribution is -2.16. The van der Waals surface area contributed by atoms with E-state index in [4.69, 9.17) is 4.74 Å². The number of epoxide rings is 1. The van der Waals surface area contributed by atoms with E-state index in [0.717, 1.165) is 19.3 Å². The molecule has 0 radical (unpaired) electrons. The van der Waals surface area contributed by atoms with Crippen LogP contribution < -0.4 is 0 Å². The summed E-state index contributed by atoms with van der Waals surface area (Å²) in [6.07, 6.45) is 12.1. The van der Waals surface area contributed by atoms with Crippen LogP contribution in [0, 0.1) is 5.41 Å². The van der Waals surface area contributed by atoms with Crippen molar-refractivity contribution in [2.75, 3.05) is 0 Å². The van der Waals surface area contributed by atoms with Gasteiger partial charge in [0.15, 0.2) is 0 Å². The highest BCUT2D eigenvalue weighted by molar-refractivity contribution is 5.12. The van der Waals surface area contributed by atoms with Crippen molar-refractivity contribution in [3.8, 4) is 0 Å². The maximum atomic E-state index is 5.88. The van der Waals surface area contributed by atoms with Crippen molar-refractivity contribution in [1.82, 2.24) is 0 Å². The van der Waals surface area contributed by atoms with Crippen molar-refractivity contribution in [3.63, 3.8) is 0 Å². The second kappa shape index (κ2) is 4.03. The van der Waals surface area contributed by atoms with Crippen molar-refractivity contribution in [1.29, 1.82) is 0 Å². The molecule has 1 aliphatic carbocycles. The van der Waals surface area contributed by atoms with Gasteiger partial charge in [0.1, 0.15) is 0 Å². The molecule has 0 aromatic heterocycles. The summed E-state index contributed by atoms with van der Waals surface area (Å²) in [6.45, 7) is 9.10. The molecule has 1 heterocycles. The largest absolute Gasteiger partial charge is 0.366 e. The van der Waals surface area contributed by atoms with Gasteiger partial charge in [0.25, 0.3) is 0 Å². The van der Waals surface area contributed by atoms with Crippen molar-refractivity contribution < 1.29 is 4.74 Å². The lowest BCUT2D eigenvalue weighted by molar-refractivity contribution is 0.280. The zero-order valence-corrected chi connectivity index (χ0v) is 11.0. The maximum absolute atomic E-state index is 5.88. The Morgan fingerprint density at radius 1 is 1.31 bits per heavy atom. The normalized spacial score (nSPS) is 43.5. The third kappa shape index (κ3) is 2.76. The standard InChI is InChI=1S/C15H24O/c1-12-7-5-9-14(2,3)11-13-15(4,16-13)10-6-8-12/h5,8-9,13H,6-7,10-11H2,1-4H3/b9-5+,12-8+/t13-,15+/m0/s1. The van der Waals surface area contributed by atoms with Crippen molar-refractivity contribution in [3.05, 3.63) is 23.8 Å². The summed E-state index contributed by atoms with van der Waals surface area (Å²) < 4.78 is 5.88. The highest BCUT2D eigenvalue weighted by Crippen LogP contribution is 2.46. The average molecular weight is 220 g/mol. The van der Waals surface area contributed by atoms with Gasteiger partial charge in [-0.25, -0.2) is 0 Å². The fourth-order valence-electron chi connectivity index (χ4n) is 2.57. The molecular weight excluding hydrogens is 196 g/mol. The Morgan fingerprint density at radius 2 is 2.06 bits per heavy atom. The van der Waals surface area contributed by atoms with E-state index in [-0.39, 0.29) is 11.0 Å². The molecule has 2 atom stereocenters. The smallest absolute Gasteiger partial charge is 0.0923 e. The molecule has 0 saturated carbocycles. The molecule has 0 spiro atoms. The number of rotatable bonds is 0. The van der Waals surface area contributed by atoms with Gasteiger partial charge in [0.05, 0.1) is 11.7 Å². The van der Waals surface area contributed by atoms with Gasteiger partial charge in [0, 0.05) is 0 Å². The lowest BCUT2D eigenvalue weighted by atomic mass is 9.84. The molecule has 16 heavy (non-hydrogen) atoms. The Kier molecular flexibility index (Phi) is 3.00. The van der Waals surface area contributed by atoms with Crippen LogP contribution in [0.25, 0.3) is 0 Å². The summed E-state index contributed by atoms with van der Waals surface area (Å²) in [6, 6.07) is 0. The highest BCUT2D eigenvalue weighted by Gasteiger charge is 2.52. The Bertz CT molecular complexity index is 324. The number of hydrogen-bond donors (Lipinski definition) is 0. The minimum absolute atomic E-state index is 0.159. The fourth-order valence-corrected chi connectivity index (χ4v) is 2.57. The van der Waals surface area contributed by atoms with Crippen LogP contribution in [-0.4, -0.2) is 11.7 Å². The van der Waals surface area contributed by atoms with Crippen LogP contribution in [0.3, 0.4) is 0 Å². The summed E-state index contributed by atoms with van der Waals surface area (Å²) in [5.74, 6) is 0. The quantitative estimate of drug-likeness (QED) is 0.439. The Morgan fingerprint density at radius 3 is 2.81 bits per heavy atom. The fraction of sp³-hybridized carbons (Fsp3) is 0.733. The van der Waals surface area contributed by atoms with E-state index in [0.29, 0.717) is 6.10 Å². The molecule has 0 amide bonds. The van der Waals surface area contributed by atoms with Gasteiger partial charge < -0.3 is 4.74 Å². The van der Waals surface area contributed by atoms with Gasteiger partial charge in [0.2, 0.25) is 0 Å². The second-order valence-corrected chi connectivity index (χ2v) is 6.31. The summed E-state index contributed by atoms with van der Waals surface area (Å²) in [7, 11) is 0. The van der Waals surface area contributed by atoms with Crippen molar-refractivity contribution >= 4 is 0 Å². The Hall–Kier alpha value is -0.560. The molecule has 2 aliphatic rings. The van der Waals surface area contributed by atoms with Gasteiger partial charge in [-0.15, -0.1) is 0 Å². The van der Waals surface area contributed by atoms with E-state index in [2.05, 4.69) is 45.9 Å². The van der Waals surface area contributed by atoms with E-state index < -0.39 is 0 Å². The van der Waals surface area contributed by atoms with Crippen molar-refractivity contribution in [2.24, 2.45) is 5.41 Å². The number of hydrogen-bond acceptors (Lipinski definition) is 1. The van der Waals surface area contributed by atoms with Crippen LogP contribution in [-0.2, 0) is 4.74 Å². The Labute approximate surface area is 99.6 Å². The second-order valence-electron chi connectivity index (χ2n) is 6.31. The first-order valence-corrected chi connectivity index (χ1v) is 6.42. The van der Waals surface area contributed by atoms with Gasteiger partial charge in [-0.1, -0.05) is 37.6 Å². The molecule has 0 bridgehead atoms. The lowest BCUT2D eigenvalue weighted by Gasteiger charge is -2.19. The molecule has 0 aromatic carbocycles. The van der Waals surface area contributed by atoms with E-state index in [9.17, 15) is 0 Å². The monoisotopic (exact) mass is 220 g/mol.